The molecule has 1 fully saturated rings. The van der Waals surface area contributed by atoms with Crippen molar-refractivity contribution in [2.24, 2.45) is 0 Å². The lowest BCUT2D eigenvalue weighted by Crippen LogP contribution is -2.70. The van der Waals surface area contributed by atoms with Gasteiger partial charge < -0.3 is 15.2 Å². The molecule has 0 saturated carbocycles. The molecule has 7 nitrogen and oxygen atoms in total. The van der Waals surface area contributed by atoms with E-state index in [2.05, 4.69) is 21.2 Å². The van der Waals surface area contributed by atoms with Gasteiger partial charge in [0.15, 0.2) is 0 Å². The second kappa shape index (κ2) is 7.88. The lowest BCUT2D eigenvalue weighted by Gasteiger charge is -2.49. The zero-order chi connectivity index (χ0) is 20.6. The summed E-state index contributed by atoms with van der Waals surface area (Å²) in [6.45, 7) is 4.86. The molecule has 9 heteroatoms. The number of amides is 2. The van der Waals surface area contributed by atoms with E-state index in [4.69, 9.17) is 4.74 Å². The number of benzene rings is 1. The highest BCUT2D eigenvalue weighted by Crippen LogP contribution is 2.41. The van der Waals surface area contributed by atoms with E-state index < -0.39 is 28.9 Å². The van der Waals surface area contributed by atoms with Crippen LogP contribution < -0.4 is 5.32 Å². The maximum Gasteiger partial charge on any atom is 0.355 e. The molecule has 0 aromatic heterocycles. The van der Waals surface area contributed by atoms with Crippen LogP contribution in [0.4, 0.5) is 0 Å². The molecule has 0 unspecified atom stereocenters. The fraction of sp³-hybridized carbons (Fsp3) is 0.421. The quantitative estimate of drug-likeness (QED) is 0.518. The van der Waals surface area contributed by atoms with Gasteiger partial charge in [-0.3, -0.25) is 14.5 Å². The minimum Gasteiger partial charge on any atom is -0.455 e. The van der Waals surface area contributed by atoms with Crippen LogP contribution in [0.1, 0.15) is 31.1 Å². The summed E-state index contributed by atoms with van der Waals surface area (Å²) in [5.41, 5.74) is 0.229. The number of carbonyl (C=O) groups is 3. The highest BCUT2D eigenvalue weighted by molar-refractivity contribution is 9.10. The normalized spacial score (nSPS) is 21.8. The number of nitrogens with one attached hydrogen (secondary N) is 1. The summed E-state index contributed by atoms with van der Waals surface area (Å²) < 4.78 is 6.17. The largest absolute Gasteiger partial charge is 0.455 e. The number of nitrogens with zero attached hydrogens (tertiary/aromatic N) is 1. The van der Waals surface area contributed by atoms with Crippen molar-refractivity contribution in [3.8, 4) is 0 Å². The van der Waals surface area contributed by atoms with Crippen LogP contribution in [0.15, 0.2) is 40.0 Å². The first-order valence-electron chi connectivity index (χ1n) is 8.69. The number of hydrogen-bond donors (Lipinski definition) is 2. The van der Waals surface area contributed by atoms with Crippen molar-refractivity contribution < 1.29 is 24.2 Å². The molecule has 2 atom stereocenters. The molecule has 150 valence electrons. The van der Waals surface area contributed by atoms with Crippen LogP contribution in [-0.4, -0.2) is 57.2 Å². The van der Waals surface area contributed by atoms with Crippen molar-refractivity contribution in [2.45, 2.75) is 37.8 Å². The van der Waals surface area contributed by atoms with Crippen LogP contribution in [0.2, 0.25) is 0 Å². The molecule has 2 aliphatic rings. The minimum absolute atomic E-state index is 0.0825. The number of ether oxygens (including phenoxy) is 1. The number of hydrogen-bond acceptors (Lipinski definition) is 6. The van der Waals surface area contributed by atoms with Crippen LogP contribution in [0.3, 0.4) is 0 Å². The number of thioether (sulfide) groups is 1. The molecule has 2 aliphatic heterocycles. The van der Waals surface area contributed by atoms with E-state index in [9.17, 15) is 19.5 Å². The van der Waals surface area contributed by atoms with Crippen molar-refractivity contribution in [1.82, 2.24) is 10.2 Å². The van der Waals surface area contributed by atoms with E-state index >= 15 is 0 Å². The summed E-state index contributed by atoms with van der Waals surface area (Å²) in [4.78, 5) is 39.2. The summed E-state index contributed by atoms with van der Waals surface area (Å²) in [5.74, 6) is -1.03. The first-order valence-corrected chi connectivity index (χ1v) is 10.5. The third kappa shape index (κ3) is 4.11. The van der Waals surface area contributed by atoms with Gasteiger partial charge in [0.05, 0.1) is 6.61 Å². The SMILES string of the molecule is CC(C)(C)OC(=O)C1=C(CO)CS[C@@H]2[C@@H](NC(=O)c3cccc(Br)c3)C(=O)N12. The van der Waals surface area contributed by atoms with E-state index in [1.165, 1.54) is 16.7 Å². The zero-order valence-electron chi connectivity index (χ0n) is 15.7. The van der Waals surface area contributed by atoms with Crippen LogP contribution in [-0.2, 0) is 14.3 Å². The number of aliphatic hydroxyl groups excluding tert-OH is 1. The van der Waals surface area contributed by atoms with Gasteiger partial charge in [0.1, 0.15) is 22.7 Å². The number of rotatable bonds is 4. The molecule has 0 bridgehead atoms. The molecular weight excluding hydrogens is 448 g/mol. The maximum atomic E-state index is 12.7. The van der Waals surface area contributed by atoms with Crippen molar-refractivity contribution >= 4 is 45.5 Å². The fourth-order valence-corrected chi connectivity index (χ4v) is 4.71. The van der Waals surface area contributed by atoms with Crippen molar-refractivity contribution in [3.63, 3.8) is 0 Å². The average molecular weight is 469 g/mol. The van der Waals surface area contributed by atoms with Gasteiger partial charge in [-0.1, -0.05) is 22.0 Å². The number of fused-ring (bicyclic) bond motifs is 1. The lowest BCUT2D eigenvalue weighted by atomic mass is 10.0. The average Bonchev–Trinajstić information content (AvgIpc) is 2.63. The van der Waals surface area contributed by atoms with Gasteiger partial charge in [-0.25, -0.2) is 4.79 Å². The number of β-lactam (4-membered cyclic amide) rings is 1. The number of aliphatic hydroxyl groups is 1. The summed E-state index contributed by atoms with van der Waals surface area (Å²) in [6.07, 6.45) is 0. The Kier molecular flexibility index (Phi) is 5.88. The Balaban J connectivity index is 1.78. The van der Waals surface area contributed by atoms with Crippen LogP contribution in [0, 0.1) is 0 Å². The molecular formula is C19H21BrN2O5S. The highest BCUT2D eigenvalue weighted by Gasteiger charge is 2.54. The van der Waals surface area contributed by atoms with Gasteiger partial charge >= 0.3 is 5.97 Å². The van der Waals surface area contributed by atoms with E-state index in [0.717, 1.165) is 4.47 Å². The van der Waals surface area contributed by atoms with Crippen LogP contribution in [0.5, 0.6) is 0 Å². The molecule has 28 heavy (non-hydrogen) atoms. The summed E-state index contributed by atoms with van der Waals surface area (Å²) in [7, 11) is 0. The smallest absolute Gasteiger partial charge is 0.355 e. The second-order valence-electron chi connectivity index (χ2n) is 7.48. The second-order valence-corrected chi connectivity index (χ2v) is 9.50. The topological polar surface area (TPSA) is 95.9 Å². The first kappa shape index (κ1) is 20.9. The van der Waals surface area contributed by atoms with Gasteiger partial charge in [0, 0.05) is 15.8 Å². The molecule has 1 aromatic carbocycles. The van der Waals surface area contributed by atoms with E-state index in [1.807, 2.05) is 0 Å². The summed E-state index contributed by atoms with van der Waals surface area (Å²) in [6, 6.07) is 6.12. The highest BCUT2D eigenvalue weighted by atomic mass is 79.9. The molecule has 0 aliphatic carbocycles. The number of carbonyl (C=O) groups excluding carboxylic acids is 3. The van der Waals surface area contributed by atoms with Gasteiger partial charge in [0.2, 0.25) is 0 Å². The van der Waals surface area contributed by atoms with Crippen molar-refractivity contribution in [2.75, 3.05) is 12.4 Å². The standard InChI is InChI=1S/C19H21BrN2O5S/c1-19(2,3)27-18(26)14-11(8-23)9-28-17-13(16(25)22(14)17)21-15(24)10-5-4-6-12(20)7-10/h4-7,13,17,23H,8-9H2,1-3H3,(H,21,24)/t13-,17+/m0/s1. The van der Waals surface area contributed by atoms with Crippen LogP contribution in [0.25, 0.3) is 0 Å². The molecule has 0 spiro atoms. The molecule has 2 heterocycles. The Bertz CT molecular complexity index is 864. The molecule has 2 amide bonds. The lowest BCUT2D eigenvalue weighted by molar-refractivity contribution is -0.158. The Labute approximate surface area is 175 Å². The molecule has 1 saturated heterocycles. The number of esters is 1. The predicted octanol–water partition coefficient (Wildman–Crippen LogP) is 2.05. The summed E-state index contributed by atoms with van der Waals surface area (Å²) >= 11 is 4.71. The Morgan fingerprint density at radius 1 is 1.39 bits per heavy atom. The third-order valence-corrected chi connectivity index (χ3v) is 6.04. The summed E-state index contributed by atoms with van der Waals surface area (Å²) in [5, 5.41) is 11.9. The Morgan fingerprint density at radius 2 is 2.11 bits per heavy atom. The van der Waals surface area contributed by atoms with Crippen molar-refractivity contribution in [3.05, 3.63) is 45.6 Å². The van der Waals surface area contributed by atoms with E-state index in [1.54, 1.807) is 45.0 Å². The van der Waals surface area contributed by atoms with Gasteiger partial charge in [-0.05, 0) is 44.5 Å². The Morgan fingerprint density at radius 3 is 2.71 bits per heavy atom. The molecule has 1 aromatic rings. The third-order valence-electron chi connectivity index (χ3n) is 4.20. The van der Waals surface area contributed by atoms with Gasteiger partial charge in [-0.15, -0.1) is 11.8 Å². The molecule has 3 rings (SSSR count). The van der Waals surface area contributed by atoms with Crippen molar-refractivity contribution in [1.29, 1.82) is 0 Å². The zero-order valence-corrected chi connectivity index (χ0v) is 18.1. The van der Waals surface area contributed by atoms with E-state index in [0.29, 0.717) is 16.9 Å². The van der Waals surface area contributed by atoms with Crippen LogP contribution >= 0.6 is 27.7 Å². The number of halogens is 1. The maximum absolute atomic E-state index is 12.7. The minimum atomic E-state index is -0.742. The molecule has 0 radical (unpaired) electrons. The first-order chi connectivity index (χ1) is 13.1. The molecule has 2 N–H and O–H groups in total. The van der Waals surface area contributed by atoms with E-state index in [-0.39, 0.29) is 18.2 Å². The Hall–Kier alpha value is -1.84. The fourth-order valence-electron chi connectivity index (χ4n) is 2.97. The van der Waals surface area contributed by atoms with Gasteiger partial charge in [-0.2, -0.15) is 0 Å². The monoisotopic (exact) mass is 468 g/mol. The predicted molar refractivity (Wildman–Crippen MR) is 108 cm³/mol. The van der Waals surface area contributed by atoms with Gasteiger partial charge in [0.25, 0.3) is 11.8 Å².